The van der Waals surface area contributed by atoms with Gasteiger partial charge in [0.05, 0.1) is 17.9 Å². The molecule has 0 amide bonds. The number of pyridine rings is 1. The van der Waals surface area contributed by atoms with Crippen molar-refractivity contribution >= 4 is 17.5 Å². The predicted molar refractivity (Wildman–Crippen MR) is 75.1 cm³/mol. The summed E-state index contributed by atoms with van der Waals surface area (Å²) in [6, 6.07) is 1.61. The van der Waals surface area contributed by atoms with Gasteiger partial charge >= 0.3 is 5.97 Å². The number of nitrogens with two attached hydrogens (primary N) is 1. The standard InChI is InChI=1S/C14H21N3O2/c1-4-19-14(18)11-5-6-16-13(12(11)15)17-7-9(2)10(3)8-17/h5-6,9-10H,4,7-8,15H2,1-3H3. The third kappa shape index (κ3) is 2.64. The number of carbonyl (C=O) groups excluding carboxylic acids is 1. The molecule has 1 aromatic rings. The van der Waals surface area contributed by atoms with Crippen LogP contribution in [-0.4, -0.2) is 30.6 Å². The maximum Gasteiger partial charge on any atom is 0.340 e. The van der Waals surface area contributed by atoms with Crippen LogP contribution in [0.5, 0.6) is 0 Å². The summed E-state index contributed by atoms with van der Waals surface area (Å²) in [4.78, 5) is 18.3. The largest absolute Gasteiger partial charge is 0.462 e. The SMILES string of the molecule is CCOC(=O)c1ccnc(N2CC(C)C(C)C2)c1N. The third-order valence-corrected chi connectivity index (χ3v) is 3.75. The molecule has 0 aromatic carbocycles. The van der Waals surface area contributed by atoms with Gasteiger partial charge in [0, 0.05) is 19.3 Å². The second-order valence-electron chi connectivity index (χ2n) is 5.18. The van der Waals surface area contributed by atoms with Gasteiger partial charge in [-0.2, -0.15) is 0 Å². The van der Waals surface area contributed by atoms with E-state index >= 15 is 0 Å². The maximum atomic E-state index is 11.8. The zero-order valence-corrected chi connectivity index (χ0v) is 11.7. The van der Waals surface area contributed by atoms with Gasteiger partial charge in [-0.15, -0.1) is 0 Å². The van der Waals surface area contributed by atoms with E-state index in [0.29, 0.717) is 35.5 Å². The number of esters is 1. The summed E-state index contributed by atoms with van der Waals surface area (Å²) in [6.07, 6.45) is 1.62. The number of rotatable bonds is 3. The van der Waals surface area contributed by atoms with Crippen LogP contribution in [0.2, 0.25) is 0 Å². The Morgan fingerprint density at radius 3 is 2.68 bits per heavy atom. The van der Waals surface area contributed by atoms with Gasteiger partial charge in [-0.05, 0) is 24.8 Å². The number of aromatic nitrogens is 1. The van der Waals surface area contributed by atoms with Crippen LogP contribution in [0, 0.1) is 11.8 Å². The Kier molecular flexibility index (Phi) is 3.93. The second kappa shape index (κ2) is 5.47. The molecule has 19 heavy (non-hydrogen) atoms. The van der Waals surface area contributed by atoms with Crippen molar-refractivity contribution < 1.29 is 9.53 Å². The van der Waals surface area contributed by atoms with E-state index in [1.54, 1.807) is 19.2 Å². The molecule has 5 nitrogen and oxygen atoms in total. The quantitative estimate of drug-likeness (QED) is 0.844. The third-order valence-electron chi connectivity index (χ3n) is 3.75. The zero-order valence-electron chi connectivity index (χ0n) is 11.7. The van der Waals surface area contributed by atoms with E-state index in [2.05, 4.69) is 23.7 Å². The molecule has 1 saturated heterocycles. The van der Waals surface area contributed by atoms with Crippen molar-refractivity contribution in [3.05, 3.63) is 17.8 Å². The van der Waals surface area contributed by atoms with Gasteiger partial charge in [-0.1, -0.05) is 13.8 Å². The number of anilines is 2. The monoisotopic (exact) mass is 263 g/mol. The Bertz CT molecular complexity index is 466. The molecule has 2 N–H and O–H groups in total. The van der Waals surface area contributed by atoms with E-state index < -0.39 is 0 Å². The molecule has 1 fully saturated rings. The molecule has 1 aliphatic heterocycles. The lowest BCUT2D eigenvalue weighted by atomic mass is 10.0. The zero-order chi connectivity index (χ0) is 14.0. The predicted octanol–water partition coefficient (Wildman–Crippen LogP) is 1.93. The molecule has 5 heteroatoms. The fraction of sp³-hybridized carbons (Fsp3) is 0.571. The normalized spacial score (nSPS) is 22.6. The Balaban J connectivity index is 2.28. The molecule has 2 rings (SSSR count). The minimum atomic E-state index is -0.385. The number of nitrogens with zero attached hydrogens (tertiary/aromatic N) is 2. The van der Waals surface area contributed by atoms with Crippen LogP contribution in [0.25, 0.3) is 0 Å². The van der Waals surface area contributed by atoms with Crippen molar-refractivity contribution in [2.45, 2.75) is 20.8 Å². The van der Waals surface area contributed by atoms with Gasteiger partial charge in [0.2, 0.25) is 0 Å². The molecule has 0 saturated carbocycles. The lowest BCUT2D eigenvalue weighted by Gasteiger charge is -2.20. The van der Waals surface area contributed by atoms with Crippen LogP contribution in [-0.2, 0) is 4.74 Å². The summed E-state index contributed by atoms with van der Waals surface area (Å²) in [6.45, 7) is 8.40. The Morgan fingerprint density at radius 1 is 1.47 bits per heavy atom. The molecule has 2 atom stereocenters. The van der Waals surface area contributed by atoms with E-state index in [1.165, 1.54) is 0 Å². The van der Waals surface area contributed by atoms with Crippen molar-refractivity contribution in [3.8, 4) is 0 Å². The van der Waals surface area contributed by atoms with Gasteiger partial charge in [-0.3, -0.25) is 0 Å². The molecule has 2 unspecified atom stereocenters. The first-order valence-corrected chi connectivity index (χ1v) is 6.71. The highest BCUT2D eigenvalue weighted by molar-refractivity contribution is 5.97. The lowest BCUT2D eigenvalue weighted by molar-refractivity contribution is 0.0527. The van der Waals surface area contributed by atoms with E-state index in [4.69, 9.17) is 10.5 Å². The first kappa shape index (κ1) is 13.6. The smallest absolute Gasteiger partial charge is 0.340 e. The lowest BCUT2D eigenvalue weighted by Crippen LogP contribution is -2.23. The Morgan fingerprint density at radius 2 is 2.11 bits per heavy atom. The number of nitrogen functional groups attached to an aromatic ring is 1. The summed E-state index contributed by atoms with van der Waals surface area (Å²) in [5, 5.41) is 0. The highest BCUT2D eigenvalue weighted by atomic mass is 16.5. The summed E-state index contributed by atoms with van der Waals surface area (Å²) in [5.41, 5.74) is 6.90. The van der Waals surface area contributed by atoms with Gasteiger partial charge in [0.15, 0.2) is 5.82 Å². The molecule has 104 valence electrons. The topological polar surface area (TPSA) is 68.5 Å². The first-order chi connectivity index (χ1) is 9.04. The van der Waals surface area contributed by atoms with Crippen LogP contribution in [0.15, 0.2) is 12.3 Å². The van der Waals surface area contributed by atoms with Crippen molar-refractivity contribution in [2.24, 2.45) is 11.8 Å². The maximum absolute atomic E-state index is 11.8. The molecule has 0 spiro atoms. The minimum Gasteiger partial charge on any atom is -0.462 e. The Hall–Kier alpha value is -1.78. The molecule has 1 aromatic heterocycles. The molecular weight excluding hydrogens is 242 g/mol. The van der Waals surface area contributed by atoms with Crippen molar-refractivity contribution in [3.63, 3.8) is 0 Å². The highest BCUT2D eigenvalue weighted by Crippen LogP contribution is 2.31. The van der Waals surface area contributed by atoms with Crippen LogP contribution in [0.3, 0.4) is 0 Å². The number of ether oxygens (including phenoxy) is 1. The van der Waals surface area contributed by atoms with E-state index in [0.717, 1.165) is 13.1 Å². The minimum absolute atomic E-state index is 0.341. The Labute approximate surface area is 113 Å². The van der Waals surface area contributed by atoms with Crippen molar-refractivity contribution in [2.75, 3.05) is 30.3 Å². The molecule has 2 heterocycles. The van der Waals surface area contributed by atoms with Gasteiger partial charge in [-0.25, -0.2) is 9.78 Å². The van der Waals surface area contributed by atoms with Crippen LogP contribution < -0.4 is 10.6 Å². The van der Waals surface area contributed by atoms with Crippen LogP contribution in [0.1, 0.15) is 31.1 Å². The highest BCUT2D eigenvalue weighted by Gasteiger charge is 2.29. The van der Waals surface area contributed by atoms with E-state index in [-0.39, 0.29) is 5.97 Å². The second-order valence-corrected chi connectivity index (χ2v) is 5.18. The molecule has 1 aliphatic rings. The van der Waals surface area contributed by atoms with E-state index in [9.17, 15) is 4.79 Å². The number of hydrogen-bond donors (Lipinski definition) is 1. The van der Waals surface area contributed by atoms with Crippen LogP contribution >= 0.6 is 0 Å². The summed E-state index contributed by atoms with van der Waals surface area (Å²) in [5.74, 6) is 1.52. The fourth-order valence-corrected chi connectivity index (χ4v) is 2.40. The first-order valence-electron chi connectivity index (χ1n) is 6.71. The molecular formula is C14H21N3O2. The van der Waals surface area contributed by atoms with Crippen molar-refractivity contribution in [1.29, 1.82) is 0 Å². The van der Waals surface area contributed by atoms with Gasteiger partial charge in [0.1, 0.15) is 0 Å². The number of hydrogen-bond acceptors (Lipinski definition) is 5. The van der Waals surface area contributed by atoms with Crippen LogP contribution in [0.4, 0.5) is 11.5 Å². The fourth-order valence-electron chi connectivity index (χ4n) is 2.40. The molecule has 0 aliphatic carbocycles. The van der Waals surface area contributed by atoms with Gasteiger partial charge in [0.25, 0.3) is 0 Å². The average Bonchev–Trinajstić information content (AvgIpc) is 2.70. The van der Waals surface area contributed by atoms with Crippen molar-refractivity contribution in [1.82, 2.24) is 4.98 Å². The summed E-state index contributed by atoms with van der Waals surface area (Å²) >= 11 is 0. The van der Waals surface area contributed by atoms with Gasteiger partial charge < -0.3 is 15.4 Å². The number of carbonyl (C=O) groups is 1. The summed E-state index contributed by atoms with van der Waals surface area (Å²) in [7, 11) is 0. The molecule has 0 radical (unpaired) electrons. The van der Waals surface area contributed by atoms with E-state index in [1.807, 2.05) is 0 Å². The average molecular weight is 263 g/mol. The molecule has 0 bridgehead atoms. The summed E-state index contributed by atoms with van der Waals surface area (Å²) < 4.78 is 5.00.